The van der Waals surface area contributed by atoms with Gasteiger partial charge in [-0.2, -0.15) is 4.37 Å². The molecule has 0 spiro atoms. The molecule has 1 N–H and O–H groups in total. The van der Waals surface area contributed by atoms with Gasteiger partial charge in [0.1, 0.15) is 5.82 Å². The average Bonchev–Trinajstić information content (AvgIpc) is 2.66. The maximum atomic E-state index is 4.40. The normalized spacial score (nSPS) is 12.7. The topological polar surface area (TPSA) is 37.8 Å². The average molecular weight is 292 g/mol. The molecule has 0 saturated heterocycles. The third kappa shape index (κ3) is 4.93. The summed E-state index contributed by atoms with van der Waals surface area (Å²) in [5, 5.41) is 4.26. The van der Waals surface area contributed by atoms with Crippen molar-refractivity contribution in [1.82, 2.24) is 9.36 Å². The van der Waals surface area contributed by atoms with E-state index in [0.717, 1.165) is 36.8 Å². The summed E-state index contributed by atoms with van der Waals surface area (Å²) in [6.07, 6.45) is 4.38. The van der Waals surface area contributed by atoms with Crippen LogP contribution in [0, 0.1) is 0 Å². The zero-order valence-corrected chi connectivity index (χ0v) is 11.7. The maximum Gasteiger partial charge on any atom is 0.202 e. The lowest BCUT2D eigenvalue weighted by Crippen LogP contribution is -2.07. The highest BCUT2D eigenvalue weighted by atomic mass is 79.9. The van der Waals surface area contributed by atoms with Crippen LogP contribution in [0.25, 0.3) is 0 Å². The van der Waals surface area contributed by atoms with Crippen molar-refractivity contribution in [2.24, 2.45) is 0 Å². The molecule has 0 aliphatic carbocycles. The van der Waals surface area contributed by atoms with E-state index >= 15 is 0 Å². The first kappa shape index (κ1) is 12.9. The van der Waals surface area contributed by atoms with Gasteiger partial charge in [-0.25, -0.2) is 4.98 Å². The molecular weight excluding hydrogens is 274 g/mol. The lowest BCUT2D eigenvalue weighted by atomic mass is 10.2. The Hall–Kier alpha value is -0.160. The van der Waals surface area contributed by atoms with E-state index in [4.69, 9.17) is 0 Å². The molecule has 0 aliphatic heterocycles. The van der Waals surface area contributed by atoms with Gasteiger partial charge in [-0.15, -0.1) is 0 Å². The van der Waals surface area contributed by atoms with E-state index in [1.54, 1.807) is 0 Å². The number of nitrogens with zero attached hydrogens (tertiary/aromatic N) is 2. The second-order valence-electron chi connectivity index (χ2n) is 3.49. The minimum atomic E-state index is 0.605. The van der Waals surface area contributed by atoms with Crippen LogP contribution in [0.5, 0.6) is 0 Å². The molecule has 3 nitrogen and oxygen atoms in total. The molecule has 0 radical (unpaired) electrons. The van der Waals surface area contributed by atoms with Crippen LogP contribution in [0.15, 0.2) is 0 Å². The van der Waals surface area contributed by atoms with Crippen molar-refractivity contribution in [2.75, 3.05) is 11.9 Å². The molecule has 1 aromatic rings. The molecule has 0 fully saturated rings. The number of rotatable bonds is 7. The van der Waals surface area contributed by atoms with E-state index in [1.807, 2.05) is 0 Å². The zero-order chi connectivity index (χ0) is 11.1. The maximum absolute atomic E-state index is 4.40. The molecule has 1 aromatic heterocycles. The highest BCUT2D eigenvalue weighted by molar-refractivity contribution is 9.09. The fraction of sp³-hybridized carbons (Fsp3) is 0.800. The number of anilines is 1. The fourth-order valence-electron chi connectivity index (χ4n) is 1.19. The first-order valence-electron chi connectivity index (χ1n) is 5.46. The Morgan fingerprint density at radius 1 is 1.47 bits per heavy atom. The highest BCUT2D eigenvalue weighted by Gasteiger charge is 2.04. The number of halogens is 1. The van der Waals surface area contributed by atoms with Crippen LogP contribution in [-0.4, -0.2) is 20.7 Å². The standard InChI is InChI=1S/C10H18BrN3S/c1-3-5-9-13-10(15-14-9)12-7-6-8(11)4-2/h8H,3-7H2,1-2H3,(H,12,13,14). The second-order valence-corrected chi connectivity index (χ2v) is 5.53. The summed E-state index contributed by atoms with van der Waals surface area (Å²) in [7, 11) is 0. The number of alkyl halides is 1. The smallest absolute Gasteiger partial charge is 0.202 e. The Balaban J connectivity index is 2.25. The minimum Gasteiger partial charge on any atom is -0.360 e. The number of nitrogens with one attached hydrogen (secondary N) is 1. The van der Waals surface area contributed by atoms with Crippen LogP contribution in [0.3, 0.4) is 0 Å². The predicted molar refractivity (Wildman–Crippen MR) is 70.0 cm³/mol. The van der Waals surface area contributed by atoms with Crippen molar-refractivity contribution in [1.29, 1.82) is 0 Å². The van der Waals surface area contributed by atoms with Gasteiger partial charge in [-0.3, -0.25) is 0 Å². The monoisotopic (exact) mass is 291 g/mol. The predicted octanol–water partition coefficient (Wildman–Crippen LogP) is 3.47. The quantitative estimate of drug-likeness (QED) is 0.782. The Bertz CT molecular complexity index is 277. The van der Waals surface area contributed by atoms with Crippen molar-refractivity contribution in [3.8, 4) is 0 Å². The molecule has 1 unspecified atom stereocenters. The fourth-order valence-corrected chi connectivity index (χ4v) is 2.06. The second kappa shape index (κ2) is 7.17. The van der Waals surface area contributed by atoms with E-state index in [1.165, 1.54) is 18.0 Å². The Kier molecular flexibility index (Phi) is 6.17. The summed E-state index contributed by atoms with van der Waals surface area (Å²) >= 11 is 5.07. The highest BCUT2D eigenvalue weighted by Crippen LogP contribution is 2.14. The van der Waals surface area contributed by atoms with Gasteiger partial charge in [0.25, 0.3) is 0 Å². The molecule has 15 heavy (non-hydrogen) atoms. The molecule has 0 aliphatic rings. The number of hydrogen-bond acceptors (Lipinski definition) is 4. The van der Waals surface area contributed by atoms with Crippen LogP contribution >= 0.6 is 27.5 Å². The molecule has 1 atom stereocenters. The van der Waals surface area contributed by atoms with Gasteiger partial charge in [-0.05, 0) is 19.3 Å². The van der Waals surface area contributed by atoms with Crippen LogP contribution in [0.4, 0.5) is 5.13 Å². The third-order valence-electron chi connectivity index (χ3n) is 2.12. The van der Waals surface area contributed by atoms with E-state index < -0.39 is 0 Å². The molecule has 86 valence electrons. The first-order chi connectivity index (χ1) is 7.26. The van der Waals surface area contributed by atoms with Crippen LogP contribution in [-0.2, 0) is 6.42 Å². The SMILES string of the molecule is CCCc1nsc(NCCC(Br)CC)n1. The first-order valence-corrected chi connectivity index (χ1v) is 7.15. The number of hydrogen-bond donors (Lipinski definition) is 1. The zero-order valence-electron chi connectivity index (χ0n) is 9.29. The van der Waals surface area contributed by atoms with Gasteiger partial charge in [0.2, 0.25) is 5.13 Å². The summed E-state index contributed by atoms with van der Waals surface area (Å²) in [5.41, 5.74) is 0. The lowest BCUT2D eigenvalue weighted by Gasteiger charge is -2.05. The molecule has 0 bridgehead atoms. The van der Waals surface area contributed by atoms with Gasteiger partial charge >= 0.3 is 0 Å². The molecular formula is C10H18BrN3S. The number of aromatic nitrogens is 2. The van der Waals surface area contributed by atoms with E-state index in [2.05, 4.69) is 44.5 Å². The van der Waals surface area contributed by atoms with Crippen molar-refractivity contribution in [3.05, 3.63) is 5.82 Å². The van der Waals surface area contributed by atoms with Crippen molar-refractivity contribution < 1.29 is 0 Å². The summed E-state index contributed by atoms with van der Waals surface area (Å²) < 4.78 is 4.28. The summed E-state index contributed by atoms with van der Waals surface area (Å²) in [6.45, 7) is 5.29. The van der Waals surface area contributed by atoms with Crippen LogP contribution in [0.1, 0.15) is 38.9 Å². The van der Waals surface area contributed by atoms with Crippen LogP contribution < -0.4 is 5.32 Å². The molecule has 0 aromatic carbocycles. The number of aryl methyl sites for hydroxylation is 1. The molecule has 1 heterocycles. The van der Waals surface area contributed by atoms with Gasteiger partial charge in [0.05, 0.1) is 0 Å². The van der Waals surface area contributed by atoms with E-state index in [-0.39, 0.29) is 0 Å². The lowest BCUT2D eigenvalue weighted by molar-refractivity contribution is 0.773. The third-order valence-corrected chi connectivity index (χ3v) is 3.93. The van der Waals surface area contributed by atoms with Crippen molar-refractivity contribution >= 4 is 32.6 Å². The largest absolute Gasteiger partial charge is 0.360 e. The van der Waals surface area contributed by atoms with E-state index in [0.29, 0.717) is 4.83 Å². The Labute approximate surface area is 104 Å². The molecule has 5 heteroatoms. The summed E-state index contributed by atoms with van der Waals surface area (Å²) in [6, 6.07) is 0. The van der Waals surface area contributed by atoms with Gasteiger partial charge in [0, 0.05) is 29.3 Å². The van der Waals surface area contributed by atoms with Crippen molar-refractivity contribution in [3.63, 3.8) is 0 Å². The van der Waals surface area contributed by atoms with Gasteiger partial charge in [-0.1, -0.05) is 29.8 Å². The Morgan fingerprint density at radius 2 is 2.27 bits per heavy atom. The molecule has 1 rings (SSSR count). The van der Waals surface area contributed by atoms with Gasteiger partial charge < -0.3 is 5.32 Å². The summed E-state index contributed by atoms with van der Waals surface area (Å²) in [5.74, 6) is 0.968. The van der Waals surface area contributed by atoms with Gasteiger partial charge in [0.15, 0.2) is 0 Å². The molecule has 0 amide bonds. The Morgan fingerprint density at radius 3 is 2.93 bits per heavy atom. The summed E-state index contributed by atoms with van der Waals surface area (Å²) in [4.78, 5) is 5.01. The van der Waals surface area contributed by atoms with Crippen LogP contribution in [0.2, 0.25) is 0 Å². The molecule has 0 saturated carbocycles. The minimum absolute atomic E-state index is 0.605. The van der Waals surface area contributed by atoms with E-state index in [9.17, 15) is 0 Å². The van der Waals surface area contributed by atoms with Crippen molar-refractivity contribution in [2.45, 2.75) is 44.4 Å².